The molecule has 2 aromatic heterocycles. The third kappa shape index (κ3) is 3.37. The van der Waals surface area contributed by atoms with Crippen molar-refractivity contribution in [1.82, 2.24) is 9.38 Å². The molecule has 0 fully saturated rings. The monoisotopic (exact) mass is 419 g/mol. The molecule has 5 nitrogen and oxygen atoms in total. The largest absolute Gasteiger partial charge is 0.306 e. The lowest BCUT2D eigenvalue weighted by Crippen LogP contribution is -2.17. The first kappa shape index (κ1) is 20.2. The summed E-state index contributed by atoms with van der Waals surface area (Å²) in [6.45, 7) is 9.59. The van der Waals surface area contributed by atoms with Gasteiger partial charge in [0.2, 0.25) is 0 Å². The topological polar surface area (TPSA) is 63.5 Å². The summed E-state index contributed by atoms with van der Waals surface area (Å²) in [4.78, 5) is 5.09. The van der Waals surface area contributed by atoms with Crippen molar-refractivity contribution in [3.05, 3.63) is 82.7 Å². The maximum absolute atomic E-state index is 13.4. The number of anilines is 1. The summed E-state index contributed by atoms with van der Waals surface area (Å²) in [5, 5.41) is 0. The van der Waals surface area contributed by atoms with Crippen LogP contribution in [-0.4, -0.2) is 17.8 Å². The number of para-hydroxylation sites is 1. The zero-order valence-electron chi connectivity index (χ0n) is 17.8. The van der Waals surface area contributed by atoms with E-state index in [1.54, 1.807) is 6.07 Å². The molecule has 154 valence electrons. The molecule has 4 aromatic rings. The van der Waals surface area contributed by atoms with Crippen LogP contribution in [0.1, 0.15) is 27.8 Å². The predicted octanol–water partition coefficient (Wildman–Crippen LogP) is 5.34. The van der Waals surface area contributed by atoms with Crippen LogP contribution in [-0.2, 0) is 10.0 Å². The maximum Gasteiger partial charge on any atom is 0.262 e. The van der Waals surface area contributed by atoms with Crippen molar-refractivity contribution in [2.45, 2.75) is 39.5 Å². The summed E-state index contributed by atoms with van der Waals surface area (Å²) in [5.41, 5.74) is 7.34. The van der Waals surface area contributed by atoms with Crippen LogP contribution in [0.25, 0.3) is 16.9 Å². The lowest BCUT2D eigenvalue weighted by atomic mass is 10.0. The zero-order chi connectivity index (χ0) is 21.6. The molecular formula is C24H25N3O2S. The van der Waals surface area contributed by atoms with Gasteiger partial charge in [0.1, 0.15) is 5.65 Å². The lowest BCUT2D eigenvalue weighted by Gasteiger charge is -2.18. The number of rotatable bonds is 4. The molecule has 0 aliphatic rings. The third-order valence-corrected chi connectivity index (χ3v) is 7.33. The van der Waals surface area contributed by atoms with Crippen LogP contribution in [0.4, 0.5) is 5.69 Å². The Labute approximate surface area is 177 Å². The molecule has 0 amide bonds. The van der Waals surface area contributed by atoms with E-state index in [1.165, 1.54) is 0 Å². The van der Waals surface area contributed by atoms with Crippen LogP contribution in [0.15, 0.2) is 59.8 Å². The summed E-state index contributed by atoms with van der Waals surface area (Å²) in [6, 6.07) is 13.4. The van der Waals surface area contributed by atoms with Gasteiger partial charge in [0.25, 0.3) is 10.0 Å². The highest BCUT2D eigenvalue weighted by molar-refractivity contribution is 7.92. The first-order valence-corrected chi connectivity index (χ1v) is 11.3. The molecule has 0 aliphatic carbocycles. The highest BCUT2D eigenvalue weighted by Crippen LogP contribution is 2.32. The molecule has 0 unspecified atom stereocenters. The van der Waals surface area contributed by atoms with Gasteiger partial charge in [-0.25, -0.2) is 13.4 Å². The van der Waals surface area contributed by atoms with Crippen LogP contribution < -0.4 is 4.72 Å². The Morgan fingerprint density at radius 3 is 2.20 bits per heavy atom. The lowest BCUT2D eigenvalue weighted by molar-refractivity contribution is 0.599. The average molecular weight is 420 g/mol. The number of pyridine rings is 1. The first-order chi connectivity index (χ1) is 14.2. The van der Waals surface area contributed by atoms with Crippen molar-refractivity contribution in [2.75, 3.05) is 4.72 Å². The second-order valence-corrected chi connectivity index (χ2v) is 9.41. The van der Waals surface area contributed by atoms with Crippen LogP contribution in [0, 0.1) is 34.6 Å². The van der Waals surface area contributed by atoms with E-state index in [-0.39, 0.29) is 0 Å². The average Bonchev–Trinajstić information content (AvgIpc) is 3.12. The summed E-state index contributed by atoms with van der Waals surface area (Å²) >= 11 is 0. The van der Waals surface area contributed by atoms with Gasteiger partial charge in [0.05, 0.1) is 16.3 Å². The third-order valence-electron chi connectivity index (χ3n) is 5.69. The fourth-order valence-corrected chi connectivity index (χ4v) is 5.56. The molecule has 0 saturated heterocycles. The van der Waals surface area contributed by atoms with Gasteiger partial charge < -0.3 is 4.40 Å². The molecule has 30 heavy (non-hydrogen) atoms. The Hall–Kier alpha value is -3.12. The van der Waals surface area contributed by atoms with Crippen molar-refractivity contribution >= 4 is 21.4 Å². The van der Waals surface area contributed by atoms with Crippen molar-refractivity contribution in [3.63, 3.8) is 0 Å². The minimum Gasteiger partial charge on any atom is -0.306 e. The first-order valence-electron chi connectivity index (χ1n) is 9.83. The summed E-state index contributed by atoms with van der Waals surface area (Å²) < 4.78 is 31.6. The molecule has 1 N–H and O–H groups in total. The molecule has 0 saturated carbocycles. The van der Waals surface area contributed by atoms with E-state index in [1.807, 2.05) is 87.8 Å². The molecule has 2 aromatic carbocycles. The normalized spacial score (nSPS) is 11.8. The summed E-state index contributed by atoms with van der Waals surface area (Å²) in [7, 11) is -3.77. The van der Waals surface area contributed by atoms with Gasteiger partial charge in [0.15, 0.2) is 0 Å². The number of imidazole rings is 1. The predicted molar refractivity (Wildman–Crippen MR) is 122 cm³/mol. The van der Waals surface area contributed by atoms with Crippen LogP contribution >= 0.6 is 0 Å². The number of hydrogen-bond donors (Lipinski definition) is 1. The molecule has 4 rings (SSSR count). The smallest absolute Gasteiger partial charge is 0.262 e. The highest BCUT2D eigenvalue weighted by atomic mass is 32.2. The molecule has 6 heteroatoms. The van der Waals surface area contributed by atoms with E-state index in [9.17, 15) is 8.42 Å². The number of hydrogen-bond acceptors (Lipinski definition) is 3. The minimum atomic E-state index is -3.77. The maximum atomic E-state index is 13.4. The van der Waals surface area contributed by atoms with Gasteiger partial charge in [-0.1, -0.05) is 30.3 Å². The van der Waals surface area contributed by atoms with Gasteiger partial charge in [-0.2, -0.15) is 0 Å². The van der Waals surface area contributed by atoms with E-state index >= 15 is 0 Å². The van der Waals surface area contributed by atoms with Crippen LogP contribution in [0.3, 0.4) is 0 Å². The Morgan fingerprint density at radius 2 is 1.53 bits per heavy atom. The van der Waals surface area contributed by atoms with Gasteiger partial charge in [-0.05, 0) is 74.6 Å². The van der Waals surface area contributed by atoms with E-state index in [0.717, 1.165) is 44.7 Å². The second kappa shape index (κ2) is 7.29. The quantitative estimate of drug-likeness (QED) is 0.485. The van der Waals surface area contributed by atoms with Gasteiger partial charge in [-0.15, -0.1) is 0 Å². The number of aromatic nitrogens is 2. The van der Waals surface area contributed by atoms with E-state index < -0.39 is 10.0 Å². The van der Waals surface area contributed by atoms with E-state index in [0.29, 0.717) is 10.6 Å². The van der Waals surface area contributed by atoms with Crippen molar-refractivity contribution in [3.8, 4) is 11.3 Å². The van der Waals surface area contributed by atoms with Gasteiger partial charge >= 0.3 is 0 Å². The Kier molecular flexibility index (Phi) is 4.90. The number of nitrogens with zero attached hydrogens (tertiary/aromatic N) is 2. The Morgan fingerprint density at radius 1 is 0.867 bits per heavy atom. The SMILES string of the molecule is Cc1cc(C)c(C)c(S(=O)(=O)Nc2ccccc2-c2cn3cccc(C)c3n2)c1C. The Bertz CT molecular complexity index is 1360. The number of fused-ring (bicyclic) bond motifs is 1. The fraction of sp³-hybridized carbons (Fsp3) is 0.208. The Balaban J connectivity index is 1.83. The highest BCUT2D eigenvalue weighted by Gasteiger charge is 2.23. The van der Waals surface area contributed by atoms with E-state index in [2.05, 4.69) is 4.72 Å². The van der Waals surface area contributed by atoms with Crippen molar-refractivity contribution in [2.24, 2.45) is 0 Å². The van der Waals surface area contributed by atoms with Crippen molar-refractivity contribution in [1.29, 1.82) is 0 Å². The minimum absolute atomic E-state index is 0.348. The second-order valence-electron chi connectivity index (χ2n) is 7.79. The number of benzene rings is 2. The summed E-state index contributed by atoms with van der Waals surface area (Å²) in [5.74, 6) is 0. The molecule has 0 spiro atoms. The zero-order valence-corrected chi connectivity index (χ0v) is 18.6. The standard InChI is InChI=1S/C24H25N3O2S/c1-15-9-8-12-27-14-22(25-24(15)27)20-10-6-7-11-21(20)26-30(28,29)23-18(4)16(2)13-17(3)19(23)5/h6-14,26H,1-5H3. The van der Waals surface area contributed by atoms with Gasteiger partial charge in [-0.3, -0.25) is 4.72 Å². The molecular weight excluding hydrogens is 394 g/mol. The molecule has 0 radical (unpaired) electrons. The van der Waals surface area contributed by atoms with Gasteiger partial charge in [0, 0.05) is 18.0 Å². The van der Waals surface area contributed by atoms with Crippen LogP contribution in [0.5, 0.6) is 0 Å². The van der Waals surface area contributed by atoms with Crippen LogP contribution in [0.2, 0.25) is 0 Å². The fourth-order valence-electron chi connectivity index (χ4n) is 3.86. The molecule has 0 aliphatic heterocycles. The number of sulfonamides is 1. The molecule has 0 atom stereocenters. The molecule has 2 heterocycles. The summed E-state index contributed by atoms with van der Waals surface area (Å²) in [6.07, 6.45) is 3.86. The van der Waals surface area contributed by atoms with E-state index in [4.69, 9.17) is 4.98 Å². The number of nitrogens with one attached hydrogen (secondary N) is 1. The van der Waals surface area contributed by atoms with Crippen molar-refractivity contribution < 1.29 is 8.42 Å². The molecule has 0 bridgehead atoms. The number of aryl methyl sites for hydroxylation is 3.